The lowest BCUT2D eigenvalue weighted by Crippen LogP contribution is -2.26. The molecule has 1 aromatic rings. The molecule has 1 atom stereocenters. The maximum atomic E-state index is 12.0. The highest BCUT2D eigenvalue weighted by Gasteiger charge is 2.12. The number of hydrogen-bond donors (Lipinski definition) is 1. The molecule has 18 heavy (non-hydrogen) atoms. The summed E-state index contributed by atoms with van der Waals surface area (Å²) in [4.78, 5) is 12.4. The summed E-state index contributed by atoms with van der Waals surface area (Å²) in [6, 6.07) is 4.98. The van der Waals surface area contributed by atoms with E-state index in [1.807, 2.05) is 0 Å². The average Bonchev–Trinajstić information content (AvgIpc) is 2.37. The zero-order valence-corrected chi connectivity index (χ0v) is 12.8. The van der Waals surface area contributed by atoms with Gasteiger partial charge in [-0.3, -0.25) is 4.79 Å². The molecule has 100 valence electrons. The van der Waals surface area contributed by atoms with E-state index in [-0.39, 0.29) is 5.91 Å². The minimum absolute atomic E-state index is 0.140. The predicted octanol–water partition coefficient (Wildman–Crippen LogP) is 3.64. The number of alkyl halides is 1. The molecule has 3 nitrogen and oxygen atoms in total. The molecule has 0 heterocycles. The van der Waals surface area contributed by atoms with Crippen molar-refractivity contribution in [3.63, 3.8) is 0 Å². The maximum Gasteiger partial charge on any atom is 0.255 e. The van der Waals surface area contributed by atoms with Gasteiger partial charge in [0.1, 0.15) is 5.75 Å². The predicted molar refractivity (Wildman–Crippen MR) is 78.0 cm³/mol. The molecule has 0 saturated heterocycles. The van der Waals surface area contributed by atoms with Crippen LogP contribution in [0.1, 0.15) is 30.1 Å². The SMILES string of the molecule is CCC(Br)CCNC(=O)c1ccc(Cl)cc1OC. The molecule has 1 amide bonds. The summed E-state index contributed by atoms with van der Waals surface area (Å²) in [7, 11) is 1.52. The van der Waals surface area contributed by atoms with E-state index in [0.717, 1.165) is 12.8 Å². The summed E-state index contributed by atoms with van der Waals surface area (Å²) in [5.74, 6) is 0.352. The van der Waals surface area contributed by atoms with Crippen molar-refractivity contribution in [3.05, 3.63) is 28.8 Å². The number of carbonyl (C=O) groups is 1. The first-order chi connectivity index (χ1) is 8.58. The Hall–Kier alpha value is -0.740. The van der Waals surface area contributed by atoms with E-state index in [1.165, 1.54) is 7.11 Å². The third kappa shape index (κ3) is 4.50. The highest BCUT2D eigenvalue weighted by atomic mass is 79.9. The lowest BCUT2D eigenvalue weighted by molar-refractivity contribution is 0.0950. The Morgan fingerprint density at radius 2 is 2.28 bits per heavy atom. The summed E-state index contributed by atoms with van der Waals surface area (Å²) in [5.41, 5.74) is 0.504. The number of amides is 1. The summed E-state index contributed by atoms with van der Waals surface area (Å²) >= 11 is 9.37. The van der Waals surface area contributed by atoms with Crippen molar-refractivity contribution in [3.8, 4) is 5.75 Å². The first kappa shape index (κ1) is 15.3. The lowest BCUT2D eigenvalue weighted by Gasteiger charge is -2.11. The Kier molecular flexibility index (Phi) is 6.50. The van der Waals surface area contributed by atoms with Crippen LogP contribution < -0.4 is 10.1 Å². The van der Waals surface area contributed by atoms with E-state index in [9.17, 15) is 4.79 Å². The van der Waals surface area contributed by atoms with Gasteiger partial charge in [0.2, 0.25) is 0 Å². The van der Waals surface area contributed by atoms with E-state index in [2.05, 4.69) is 28.2 Å². The molecule has 0 spiro atoms. The summed E-state index contributed by atoms with van der Waals surface area (Å²) in [6.07, 6.45) is 1.94. The molecule has 5 heteroatoms. The van der Waals surface area contributed by atoms with Crippen molar-refractivity contribution in [1.29, 1.82) is 0 Å². The van der Waals surface area contributed by atoms with Crippen LogP contribution in [0.25, 0.3) is 0 Å². The second-order valence-electron chi connectivity index (χ2n) is 3.89. The van der Waals surface area contributed by atoms with Gasteiger partial charge in [0, 0.05) is 16.4 Å². The van der Waals surface area contributed by atoms with Crippen molar-refractivity contribution in [2.45, 2.75) is 24.6 Å². The van der Waals surface area contributed by atoms with Crippen LogP contribution in [0.15, 0.2) is 18.2 Å². The van der Waals surface area contributed by atoms with Crippen molar-refractivity contribution in [2.24, 2.45) is 0 Å². The number of carbonyl (C=O) groups excluding carboxylic acids is 1. The van der Waals surface area contributed by atoms with Gasteiger partial charge < -0.3 is 10.1 Å². The fourth-order valence-electron chi connectivity index (χ4n) is 1.49. The molecule has 1 N–H and O–H groups in total. The fraction of sp³-hybridized carbons (Fsp3) is 0.462. The van der Waals surface area contributed by atoms with Crippen LogP contribution in [0.4, 0.5) is 0 Å². The van der Waals surface area contributed by atoms with Gasteiger partial charge in [0.15, 0.2) is 0 Å². The minimum Gasteiger partial charge on any atom is -0.496 e. The first-order valence-electron chi connectivity index (χ1n) is 5.84. The third-order valence-electron chi connectivity index (χ3n) is 2.59. The van der Waals surface area contributed by atoms with E-state index >= 15 is 0 Å². The second-order valence-corrected chi connectivity index (χ2v) is 5.63. The standard InChI is InChI=1S/C13H17BrClNO2/c1-3-9(14)6-7-16-13(17)11-5-4-10(15)8-12(11)18-2/h4-5,8-9H,3,6-7H2,1-2H3,(H,16,17). The van der Waals surface area contributed by atoms with Gasteiger partial charge in [-0.05, 0) is 31.0 Å². The quantitative estimate of drug-likeness (QED) is 0.807. The lowest BCUT2D eigenvalue weighted by atomic mass is 10.2. The first-order valence-corrected chi connectivity index (χ1v) is 7.13. The molecule has 0 fully saturated rings. The molecule has 1 rings (SSSR count). The number of hydrogen-bond acceptors (Lipinski definition) is 2. The second kappa shape index (κ2) is 7.64. The fourth-order valence-corrected chi connectivity index (χ4v) is 1.89. The zero-order chi connectivity index (χ0) is 13.5. The molecule has 0 aliphatic rings. The van der Waals surface area contributed by atoms with Gasteiger partial charge in [-0.2, -0.15) is 0 Å². The van der Waals surface area contributed by atoms with Gasteiger partial charge >= 0.3 is 0 Å². The monoisotopic (exact) mass is 333 g/mol. The molecular weight excluding hydrogens is 318 g/mol. The number of halogens is 2. The summed E-state index contributed by atoms with van der Waals surface area (Å²) in [6.45, 7) is 2.73. The minimum atomic E-state index is -0.140. The number of methoxy groups -OCH3 is 1. The molecule has 0 aliphatic heterocycles. The summed E-state index contributed by atoms with van der Waals surface area (Å²) < 4.78 is 5.14. The van der Waals surface area contributed by atoms with Crippen LogP contribution in [0.3, 0.4) is 0 Å². The molecule has 0 saturated carbocycles. The highest BCUT2D eigenvalue weighted by molar-refractivity contribution is 9.09. The average molecular weight is 335 g/mol. The van der Waals surface area contributed by atoms with Crippen molar-refractivity contribution in [1.82, 2.24) is 5.32 Å². The molecule has 0 radical (unpaired) electrons. The normalized spacial score (nSPS) is 12.0. The van der Waals surface area contributed by atoms with Crippen molar-refractivity contribution >= 4 is 33.4 Å². The van der Waals surface area contributed by atoms with Gasteiger partial charge in [0.05, 0.1) is 12.7 Å². The molecule has 0 bridgehead atoms. The highest BCUT2D eigenvalue weighted by Crippen LogP contribution is 2.22. The van der Waals surface area contributed by atoms with E-state index in [1.54, 1.807) is 18.2 Å². The van der Waals surface area contributed by atoms with Gasteiger partial charge in [0.25, 0.3) is 5.91 Å². The van der Waals surface area contributed by atoms with Crippen LogP contribution in [0, 0.1) is 0 Å². The topological polar surface area (TPSA) is 38.3 Å². The number of rotatable bonds is 6. The van der Waals surface area contributed by atoms with Crippen LogP contribution in [0.2, 0.25) is 5.02 Å². The maximum absolute atomic E-state index is 12.0. The van der Waals surface area contributed by atoms with Crippen LogP contribution >= 0.6 is 27.5 Å². The Bertz CT molecular complexity index is 412. The van der Waals surface area contributed by atoms with E-state index in [4.69, 9.17) is 16.3 Å². The zero-order valence-electron chi connectivity index (χ0n) is 10.5. The Balaban J connectivity index is 2.61. The molecule has 0 aliphatic carbocycles. The van der Waals surface area contributed by atoms with E-state index < -0.39 is 0 Å². The van der Waals surface area contributed by atoms with Gasteiger partial charge in [-0.25, -0.2) is 0 Å². The summed E-state index contributed by atoms with van der Waals surface area (Å²) in [5, 5.41) is 3.42. The number of ether oxygens (including phenoxy) is 1. The molecule has 0 aromatic heterocycles. The Morgan fingerprint density at radius 1 is 1.56 bits per heavy atom. The number of nitrogens with one attached hydrogen (secondary N) is 1. The van der Waals surface area contributed by atoms with Crippen LogP contribution in [0.5, 0.6) is 5.75 Å². The van der Waals surface area contributed by atoms with Crippen LogP contribution in [-0.2, 0) is 0 Å². The molecule has 1 unspecified atom stereocenters. The Morgan fingerprint density at radius 3 is 2.89 bits per heavy atom. The van der Waals surface area contributed by atoms with Crippen molar-refractivity contribution < 1.29 is 9.53 Å². The third-order valence-corrected chi connectivity index (χ3v) is 3.93. The van der Waals surface area contributed by atoms with Gasteiger partial charge in [-0.15, -0.1) is 0 Å². The largest absolute Gasteiger partial charge is 0.496 e. The Labute approximate surface area is 121 Å². The smallest absolute Gasteiger partial charge is 0.255 e. The number of benzene rings is 1. The van der Waals surface area contributed by atoms with E-state index in [0.29, 0.717) is 27.7 Å². The van der Waals surface area contributed by atoms with Crippen molar-refractivity contribution in [2.75, 3.05) is 13.7 Å². The van der Waals surface area contributed by atoms with Crippen LogP contribution in [-0.4, -0.2) is 24.4 Å². The molecular formula is C13H17BrClNO2. The van der Waals surface area contributed by atoms with Gasteiger partial charge in [-0.1, -0.05) is 34.5 Å². The molecule has 1 aromatic carbocycles.